The maximum Gasteiger partial charge on any atom is 0.472 e. The molecule has 0 bridgehead atoms. The molecule has 1 fully saturated rings. The highest BCUT2D eigenvalue weighted by atomic mass is 31.2. The molecule has 0 spiro atoms. The van der Waals surface area contributed by atoms with Gasteiger partial charge < -0.3 is 9.79 Å². The second-order valence-corrected chi connectivity index (χ2v) is 2.60. The first-order chi connectivity index (χ1) is 4.08. The van der Waals surface area contributed by atoms with Crippen LogP contribution in [-0.2, 0) is 18.9 Å². The summed E-state index contributed by atoms with van der Waals surface area (Å²) in [5, 5.41) is 0. The highest BCUT2D eigenvalue weighted by Gasteiger charge is 2.29. The van der Waals surface area contributed by atoms with Gasteiger partial charge in [0.05, 0.1) is 0 Å². The molecule has 0 aromatic heterocycles. The molecule has 0 radical (unpaired) electrons. The Balaban J connectivity index is 2.24. The van der Waals surface area contributed by atoms with Gasteiger partial charge in [0.25, 0.3) is 0 Å². The van der Waals surface area contributed by atoms with E-state index >= 15 is 0 Å². The van der Waals surface area contributed by atoms with Gasteiger partial charge in [-0.05, 0) is 0 Å². The second kappa shape index (κ2) is 2.34. The molecule has 0 aliphatic carbocycles. The Morgan fingerprint density at radius 2 is 2.22 bits per heavy atom. The van der Waals surface area contributed by atoms with E-state index in [4.69, 9.17) is 9.79 Å². The lowest BCUT2D eigenvalue weighted by Gasteiger charge is -2.23. The zero-order valence-electron chi connectivity index (χ0n) is 4.26. The highest BCUT2D eigenvalue weighted by Crippen LogP contribution is 2.39. The lowest BCUT2D eigenvalue weighted by atomic mass is 10.7. The molecule has 0 aromatic carbocycles. The standard InChI is InChI=1S/C2H5O6P/c3-9(4,5)8-2-1-6-7-2/h2H,1H2,(H2,3,4,5). The van der Waals surface area contributed by atoms with Crippen molar-refractivity contribution >= 4 is 7.82 Å². The summed E-state index contributed by atoms with van der Waals surface area (Å²) >= 11 is 0. The van der Waals surface area contributed by atoms with Crippen LogP contribution in [0, 0.1) is 0 Å². The van der Waals surface area contributed by atoms with Crippen LogP contribution in [0.3, 0.4) is 0 Å². The normalized spacial score (nSPS) is 27.6. The van der Waals surface area contributed by atoms with E-state index in [1.165, 1.54) is 0 Å². The van der Waals surface area contributed by atoms with Gasteiger partial charge in [0.15, 0.2) is 0 Å². The van der Waals surface area contributed by atoms with Crippen molar-refractivity contribution in [2.45, 2.75) is 6.29 Å². The molecular formula is C2H5O6P. The molecule has 54 valence electrons. The molecule has 1 saturated heterocycles. The van der Waals surface area contributed by atoms with Crippen molar-refractivity contribution in [3.8, 4) is 0 Å². The van der Waals surface area contributed by atoms with Gasteiger partial charge >= 0.3 is 7.82 Å². The van der Waals surface area contributed by atoms with E-state index in [2.05, 4.69) is 14.3 Å². The minimum absolute atomic E-state index is 0.0606. The summed E-state index contributed by atoms with van der Waals surface area (Å²) in [6, 6.07) is 0. The van der Waals surface area contributed by atoms with Crippen LogP contribution < -0.4 is 0 Å². The quantitative estimate of drug-likeness (QED) is 0.409. The Bertz CT molecular complexity index is 134. The third kappa shape index (κ3) is 2.40. The molecule has 1 aliphatic rings. The molecule has 0 aromatic rings. The summed E-state index contributed by atoms with van der Waals surface area (Å²) in [4.78, 5) is 24.4. The average Bonchev–Trinajstić information content (AvgIpc) is 1.53. The Kier molecular flexibility index (Phi) is 1.85. The monoisotopic (exact) mass is 156 g/mol. The van der Waals surface area contributed by atoms with E-state index in [9.17, 15) is 4.57 Å². The van der Waals surface area contributed by atoms with Crippen LogP contribution in [0.15, 0.2) is 0 Å². The summed E-state index contributed by atoms with van der Waals surface area (Å²) in [6.45, 7) is 0.0606. The van der Waals surface area contributed by atoms with Crippen LogP contribution in [0.2, 0.25) is 0 Å². The second-order valence-electron chi connectivity index (χ2n) is 1.41. The van der Waals surface area contributed by atoms with Crippen molar-refractivity contribution in [3.05, 3.63) is 0 Å². The Hall–Kier alpha value is 0.0300. The fraction of sp³-hybridized carbons (Fsp3) is 1.00. The lowest BCUT2D eigenvalue weighted by molar-refractivity contribution is -0.468. The van der Waals surface area contributed by atoms with Crippen LogP contribution in [-0.4, -0.2) is 22.7 Å². The predicted molar refractivity (Wildman–Crippen MR) is 24.0 cm³/mol. The van der Waals surface area contributed by atoms with Gasteiger partial charge in [-0.2, -0.15) is 0 Å². The molecule has 9 heavy (non-hydrogen) atoms. The van der Waals surface area contributed by atoms with Gasteiger partial charge in [-0.1, -0.05) is 0 Å². The molecule has 7 heteroatoms. The predicted octanol–water partition coefficient (Wildman–Crippen LogP) is -0.616. The molecule has 1 unspecified atom stereocenters. The minimum atomic E-state index is -4.39. The number of hydrogen-bond acceptors (Lipinski definition) is 4. The molecule has 0 amide bonds. The van der Waals surface area contributed by atoms with Crippen LogP contribution in [0.4, 0.5) is 0 Å². The highest BCUT2D eigenvalue weighted by molar-refractivity contribution is 7.46. The first-order valence-corrected chi connectivity index (χ1v) is 3.63. The van der Waals surface area contributed by atoms with E-state index in [-0.39, 0.29) is 6.61 Å². The number of phosphoric ester groups is 1. The van der Waals surface area contributed by atoms with Crippen molar-refractivity contribution in [1.82, 2.24) is 0 Å². The zero-order valence-corrected chi connectivity index (χ0v) is 5.15. The van der Waals surface area contributed by atoms with Gasteiger partial charge in [0.1, 0.15) is 6.61 Å². The summed E-state index contributed by atoms with van der Waals surface area (Å²) in [5.41, 5.74) is 0. The van der Waals surface area contributed by atoms with Gasteiger partial charge in [-0.15, -0.1) is 0 Å². The molecule has 1 atom stereocenters. The van der Waals surface area contributed by atoms with Gasteiger partial charge in [0, 0.05) is 0 Å². The topological polar surface area (TPSA) is 85.2 Å². The lowest BCUT2D eigenvalue weighted by Crippen LogP contribution is -2.32. The molecular weight excluding hydrogens is 151 g/mol. The third-order valence-corrected chi connectivity index (χ3v) is 1.14. The average molecular weight is 156 g/mol. The summed E-state index contributed by atoms with van der Waals surface area (Å²) < 4.78 is 14.0. The van der Waals surface area contributed by atoms with Gasteiger partial charge in [-0.3, -0.25) is 4.52 Å². The Morgan fingerprint density at radius 1 is 1.67 bits per heavy atom. The Morgan fingerprint density at radius 3 is 2.33 bits per heavy atom. The summed E-state index contributed by atoms with van der Waals surface area (Å²) in [5.74, 6) is 0. The van der Waals surface area contributed by atoms with Gasteiger partial charge in [-0.25, -0.2) is 14.3 Å². The van der Waals surface area contributed by atoms with Crippen LogP contribution >= 0.6 is 7.82 Å². The molecule has 2 N–H and O–H groups in total. The summed E-state index contributed by atoms with van der Waals surface area (Å²) in [7, 11) is -4.39. The van der Waals surface area contributed by atoms with E-state index in [1.807, 2.05) is 0 Å². The SMILES string of the molecule is O=P(O)(O)OC1COO1. The number of phosphoric acid groups is 1. The van der Waals surface area contributed by atoms with Crippen LogP contribution in [0.1, 0.15) is 0 Å². The molecule has 1 rings (SSSR count). The van der Waals surface area contributed by atoms with Crippen molar-refractivity contribution in [2.75, 3.05) is 6.61 Å². The van der Waals surface area contributed by atoms with E-state index < -0.39 is 14.1 Å². The van der Waals surface area contributed by atoms with E-state index in [0.717, 1.165) is 0 Å². The minimum Gasteiger partial charge on any atom is -0.303 e. The number of rotatable bonds is 2. The number of hydrogen-bond donors (Lipinski definition) is 2. The van der Waals surface area contributed by atoms with Crippen molar-refractivity contribution < 1.29 is 28.7 Å². The van der Waals surface area contributed by atoms with Crippen molar-refractivity contribution in [2.24, 2.45) is 0 Å². The molecule has 1 heterocycles. The van der Waals surface area contributed by atoms with Crippen LogP contribution in [0.25, 0.3) is 0 Å². The first-order valence-electron chi connectivity index (χ1n) is 2.10. The zero-order chi connectivity index (χ0) is 6.91. The molecule has 0 saturated carbocycles. The first kappa shape index (κ1) is 7.14. The van der Waals surface area contributed by atoms with E-state index in [1.54, 1.807) is 0 Å². The fourth-order valence-corrected chi connectivity index (χ4v) is 0.727. The van der Waals surface area contributed by atoms with E-state index in [0.29, 0.717) is 0 Å². The fourth-order valence-electron chi connectivity index (χ4n) is 0.325. The smallest absolute Gasteiger partial charge is 0.303 e. The maximum atomic E-state index is 9.97. The largest absolute Gasteiger partial charge is 0.472 e. The van der Waals surface area contributed by atoms with Gasteiger partial charge in [0.2, 0.25) is 6.29 Å². The Labute approximate surface area is 50.5 Å². The molecule has 1 aliphatic heterocycles. The van der Waals surface area contributed by atoms with Crippen LogP contribution in [0.5, 0.6) is 0 Å². The molecule has 6 nitrogen and oxygen atoms in total. The van der Waals surface area contributed by atoms with Crippen molar-refractivity contribution in [1.29, 1.82) is 0 Å². The summed E-state index contributed by atoms with van der Waals surface area (Å²) in [6.07, 6.45) is -0.911. The maximum absolute atomic E-state index is 9.97. The third-order valence-electron chi connectivity index (χ3n) is 0.634. The van der Waals surface area contributed by atoms with Crippen molar-refractivity contribution in [3.63, 3.8) is 0 Å².